The number of nitrogens with one attached hydrogen (secondary N) is 1. The Morgan fingerprint density at radius 3 is 2.43 bits per heavy atom. The lowest BCUT2D eigenvalue weighted by molar-refractivity contribution is -0.127. The van der Waals surface area contributed by atoms with Crippen LogP contribution >= 0.6 is 15.9 Å². The molecule has 1 aromatic rings. The van der Waals surface area contributed by atoms with Crippen molar-refractivity contribution in [1.29, 1.82) is 0 Å². The number of hydrogen-bond donors (Lipinski definition) is 2. The zero-order chi connectivity index (χ0) is 17.1. The van der Waals surface area contributed by atoms with Crippen molar-refractivity contribution in [3.8, 4) is 0 Å². The molecular weight excluding hydrogens is 358 g/mol. The van der Waals surface area contributed by atoms with Gasteiger partial charge in [-0.3, -0.25) is 4.79 Å². The molecule has 0 spiro atoms. The number of likely N-dealkylation sites (N-methyl/N-ethyl adjacent to an activating group) is 1. The van der Waals surface area contributed by atoms with Gasteiger partial charge in [0.2, 0.25) is 5.91 Å². The summed E-state index contributed by atoms with van der Waals surface area (Å²) in [6, 6.07) is 7.54. The van der Waals surface area contributed by atoms with Crippen LogP contribution in [-0.2, 0) is 15.1 Å². The number of nitrogens with two attached hydrogens (primary N) is 1. The van der Waals surface area contributed by atoms with Crippen LogP contribution in [0.1, 0.15) is 25.3 Å². The van der Waals surface area contributed by atoms with Crippen LogP contribution in [0.25, 0.3) is 0 Å². The first kappa shape index (κ1) is 18.4. The van der Waals surface area contributed by atoms with Crippen molar-refractivity contribution < 1.29 is 9.53 Å². The highest BCUT2D eigenvalue weighted by atomic mass is 79.9. The highest BCUT2D eigenvalue weighted by molar-refractivity contribution is 9.10. The molecule has 3 N–H and O–H groups in total. The molecule has 5 nitrogen and oxygen atoms in total. The topological polar surface area (TPSA) is 67.6 Å². The van der Waals surface area contributed by atoms with Gasteiger partial charge in [-0.25, -0.2) is 0 Å². The molecule has 1 heterocycles. The van der Waals surface area contributed by atoms with Crippen molar-refractivity contribution >= 4 is 21.8 Å². The van der Waals surface area contributed by atoms with E-state index in [1.165, 1.54) is 0 Å². The maximum atomic E-state index is 12.7. The zero-order valence-electron chi connectivity index (χ0n) is 14.1. The highest BCUT2D eigenvalue weighted by Gasteiger charge is 2.37. The number of hydrogen-bond acceptors (Lipinski definition) is 4. The third kappa shape index (κ3) is 4.12. The third-order valence-corrected chi connectivity index (χ3v) is 5.39. The SMILES string of the molecule is CN(C)C1(CNC(=O)C(C)(N)c2ccc(Br)cc2)CCOCC1. The predicted octanol–water partition coefficient (Wildman–Crippen LogP) is 1.85. The van der Waals surface area contributed by atoms with Crippen LogP contribution in [0, 0.1) is 0 Å². The van der Waals surface area contributed by atoms with Gasteiger partial charge in [0.15, 0.2) is 0 Å². The summed E-state index contributed by atoms with van der Waals surface area (Å²) in [4.78, 5) is 14.8. The Kier molecular flexibility index (Phi) is 5.84. The van der Waals surface area contributed by atoms with E-state index in [2.05, 4.69) is 26.1 Å². The van der Waals surface area contributed by atoms with E-state index < -0.39 is 5.54 Å². The van der Waals surface area contributed by atoms with Crippen LogP contribution in [0.15, 0.2) is 28.7 Å². The molecule has 0 aliphatic carbocycles. The van der Waals surface area contributed by atoms with Gasteiger partial charge in [-0.1, -0.05) is 28.1 Å². The fourth-order valence-corrected chi connectivity index (χ4v) is 3.15. The molecule has 1 fully saturated rings. The summed E-state index contributed by atoms with van der Waals surface area (Å²) >= 11 is 3.40. The lowest BCUT2D eigenvalue weighted by Gasteiger charge is -2.43. The van der Waals surface area contributed by atoms with Crippen molar-refractivity contribution in [1.82, 2.24) is 10.2 Å². The quantitative estimate of drug-likeness (QED) is 0.813. The van der Waals surface area contributed by atoms with Crippen LogP contribution < -0.4 is 11.1 Å². The van der Waals surface area contributed by atoms with E-state index in [0.717, 1.165) is 36.1 Å². The van der Waals surface area contributed by atoms with Crippen molar-refractivity contribution in [2.75, 3.05) is 33.9 Å². The minimum atomic E-state index is -1.06. The first-order valence-electron chi connectivity index (χ1n) is 7.86. The number of amides is 1. The molecule has 1 amide bonds. The molecule has 1 atom stereocenters. The average molecular weight is 384 g/mol. The molecule has 6 heteroatoms. The lowest BCUT2D eigenvalue weighted by Crippen LogP contribution is -2.58. The Hall–Kier alpha value is -0.950. The standard InChI is InChI=1S/C17H26BrN3O2/c1-16(19,13-4-6-14(18)7-5-13)15(22)20-12-17(21(2)3)8-10-23-11-9-17/h4-7H,8-12,19H2,1-3H3,(H,20,22). The molecule has 0 aromatic heterocycles. The molecule has 1 aliphatic heterocycles. The van der Waals surface area contributed by atoms with Gasteiger partial charge >= 0.3 is 0 Å². The summed E-state index contributed by atoms with van der Waals surface area (Å²) in [6.45, 7) is 3.77. The fraction of sp³-hybridized carbons (Fsp3) is 0.588. The Morgan fingerprint density at radius 2 is 1.91 bits per heavy atom. The van der Waals surface area contributed by atoms with E-state index in [1.54, 1.807) is 6.92 Å². The highest BCUT2D eigenvalue weighted by Crippen LogP contribution is 2.26. The number of nitrogens with zero attached hydrogens (tertiary/aromatic N) is 1. The summed E-state index contributed by atoms with van der Waals surface area (Å²) < 4.78 is 6.43. The second-order valence-electron chi connectivity index (χ2n) is 6.62. The Balaban J connectivity index is 2.06. The van der Waals surface area contributed by atoms with Crippen LogP contribution in [0.5, 0.6) is 0 Å². The van der Waals surface area contributed by atoms with Gasteiger partial charge in [0.05, 0.1) is 0 Å². The molecule has 0 bridgehead atoms. The Morgan fingerprint density at radius 1 is 1.35 bits per heavy atom. The van der Waals surface area contributed by atoms with Crippen LogP contribution in [0.4, 0.5) is 0 Å². The monoisotopic (exact) mass is 383 g/mol. The van der Waals surface area contributed by atoms with Gasteiger partial charge in [-0.15, -0.1) is 0 Å². The summed E-state index contributed by atoms with van der Waals surface area (Å²) in [5.41, 5.74) is 5.97. The Bertz CT molecular complexity index is 537. The zero-order valence-corrected chi connectivity index (χ0v) is 15.6. The largest absolute Gasteiger partial charge is 0.381 e. The smallest absolute Gasteiger partial charge is 0.244 e. The first-order valence-corrected chi connectivity index (χ1v) is 8.66. The molecule has 1 unspecified atom stereocenters. The van der Waals surface area contributed by atoms with Crippen LogP contribution in [0.3, 0.4) is 0 Å². The van der Waals surface area contributed by atoms with Gasteiger partial charge < -0.3 is 20.7 Å². The maximum Gasteiger partial charge on any atom is 0.244 e. The fourth-order valence-electron chi connectivity index (χ4n) is 2.89. The molecule has 1 aliphatic rings. The second kappa shape index (κ2) is 7.30. The van der Waals surface area contributed by atoms with E-state index >= 15 is 0 Å². The van der Waals surface area contributed by atoms with E-state index in [4.69, 9.17) is 10.5 Å². The molecule has 23 heavy (non-hydrogen) atoms. The van der Waals surface area contributed by atoms with Gasteiger partial charge in [-0.2, -0.15) is 0 Å². The number of carbonyl (C=O) groups excluding carboxylic acids is 1. The van der Waals surface area contributed by atoms with Crippen molar-refractivity contribution in [3.05, 3.63) is 34.3 Å². The summed E-state index contributed by atoms with van der Waals surface area (Å²) in [7, 11) is 4.10. The molecule has 128 valence electrons. The number of rotatable bonds is 5. The molecule has 1 aromatic carbocycles. The second-order valence-corrected chi connectivity index (χ2v) is 7.54. The summed E-state index contributed by atoms with van der Waals surface area (Å²) in [6.07, 6.45) is 1.81. The van der Waals surface area contributed by atoms with Gasteiger partial charge in [0.1, 0.15) is 5.54 Å². The number of ether oxygens (including phenoxy) is 1. The summed E-state index contributed by atoms with van der Waals surface area (Å²) in [5.74, 6) is -0.160. The predicted molar refractivity (Wildman–Crippen MR) is 95.2 cm³/mol. The maximum absolute atomic E-state index is 12.7. The van der Waals surface area contributed by atoms with Crippen molar-refractivity contribution in [2.24, 2.45) is 5.73 Å². The van der Waals surface area contributed by atoms with E-state index in [9.17, 15) is 4.79 Å². The number of halogens is 1. The molecule has 1 saturated heterocycles. The average Bonchev–Trinajstić information content (AvgIpc) is 2.53. The van der Waals surface area contributed by atoms with Gasteiger partial charge in [0, 0.05) is 29.8 Å². The van der Waals surface area contributed by atoms with Crippen LogP contribution in [0.2, 0.25) is 0 Å². The molecule has 0 radical (unpaired) electrons. The first-order chi connectivity index (χ1) is 10.8. The lowest BCUT2D eigenvalue weighted by atomic mass is 9.87. The van der Waals surface area contributed by atoms with E-state index in [-0.39, 0.29) is 11.4 Å². The minimum absolute atomic E-state index is 0.0658. The van der Waals surface area contributed by atoms with Gasteiger partial charge in [-0.05, 0) is 51.6 Å². The number of carbonyl (C=O) groups is 1. The molecule has 0 saturated carbocycles. The van der Waals surface area contributed by atoms with E-state index in [0.29, 0.717) is 6.54 Å². The Labute approximate surface area is 146 Å². The normalized spacial score (nSPS) is 20.1. The van der Waals surface area contributed by atoms with Crippen LogP contribution in [-0.4, -0.2) is 50.2 Å². The molecule has 2 rings (SSSR count). The summed E-state index contributed by atoms with van der Waals surface area (Å²) in [5, 5.41) is 3.06. The minimum Gasteiger partial charge on any atom is -0.381 e. The number of benzene rings is 1. The molecular formula is C17H26BrN3O2. The van der Waals surface area contributed by atoms with E-state index in [1.807, 2.05) is 38.4 Å². The van der Waals surface area contributed by atoms with Crippen molar-refractivity contribution in [2.45, 2.75) is 30.8 Å². The van der Waals surface area contributed by atoms with Crippen molar-refractivity contribution in [3.63, 3.8) is 0 Å². The third-order valence-electron chi connectivity index (χ3n) is 4.87. The van der Waals surface area contributed by atoms with Gasteiger partial charge in [0.25, 0.3) is 0 Å².